The molecule has 6 heteroatoms. The predicted molar refractivity (Wildman–Crippen MR) is 56.6 cm³/mol. The van der Waals surface area contributed by atoms with E-state index in [9.17, 15) is 10.1 Å². The van der Waals surface area contributed by atoms with Crippen molar-refractivity contribution in [3.63, 3.8) is 0 Å². The zero-order valence-corrected chi connectivity index (χ0v) is 8.53. The van der Waals surface area contributed by atoms with Gasteiger partial charge in [-0.25, -0.2) is 15.1 Å². The SMILES string of the molecule is COc1ccc(-c2nccn2[N+](=O)[O-])cc1. The van der Waals surface area contributed by atoms with Gasteiger partial charge < -0.3 is 4.74 Å². The number of methoxy groups -OCH3 is 1. The van der Waals surface area contributed by atoms with Crippen LogP contribution in [0.15, 0.2) is 36.7 Å². The molecule has 0 unspecified atom stereocenters. The molecule has 0 bridgehead atoms. The van der Waals surface area contributed by atoms with Gasteiger partial charge >= 0.3 is 0 Å². The van der Waals surface area contributed by atoms with Gasteiger partial charge in [0, 0.05) is 5.56 Å². The predicted octanol–water partition coefficient (Wildman–Crippen LogP) is 1.60. The van der Waals surface area contributed by atoms with Crippen LogP contribution in [-0.2, 0) is 0 Å². The largest absolute Gasteiger partial charge is 0.497 e. The molecule has 1 aromatic carbocycles. The number of hydrogen-bond donors (Lipinski definition) is 0. The van der Waals surface area contributed by atoms with Crippen molar-refractivity contribution >= 4 is 0 Å². The fraction of sp³-hybridized carbons (Fsp3) is 0.100. The minimum Gasteiger partial charge on any atom is -0.497 e. The van der Waals surface area contributed by atoms with Crippen molar-refractivity contribution in [1.82, 2.24) is 9.66 Å². The summed E-state index contributed by atoms with van der Waals surface area (Å²) in [6, 6.07) is 6.91. The first kappa shape index (κ1) is 10.2. The van der Waals surface area contributed by atoms with Crippen LogP contribution in [0.5, 0.6) is 5.75 Å². The van der Waals surface area contributed by atoms with Crippen molar-refractivity contribution in [1.29, 1.82) is 0 Å². The van der Waals surface area contributed by atoms with Gasteiger partial charge in [-0.2, -0.15) is 0 Å². The van der Waals surface area contributed by atoms with Crippen molar-refractivity contribution in [2.45, 2.75) is 0 Å². The second-order valence-corrected chi connectivity index (χ2v) is 3.06. The topological polar surface area (TPSA) is 70.2 Å². The number of nitrogens with zero attached hydrogens (tertiary/aromatic N) is 3. The van der Waals surface area contributed by atoms with E-state index in [0.29, 0.717) is 17.1 Å². The molecule has 0 aliphatic heterocycles. The molecule has 0 N–H and O–H groups in total. The minimum absolute atomic E-state index is 0.299. The van der Waals surface area contributed by atoms with E-state index in [1.165, 1.54) is 12.4 Å². The molecule has 0 amide bonds. The van der Waals surface area contributed by atoms with Gasteiger partial charge in [-0.15, -0.1) is 0 Å². The Labute approximate surface area is 91.2 Å². The summed E-state index contributed by atoms with van der Waals surface area (Å²) >= 11 is 0. The maximum atomic E-state index is 10.7. The quantitative estimate of drug-likeness (QED) is 0.580. The number of aromatic nitrogens is 2. The van der Waals surface area contributed by atoms with Crippen LogP contribution in [0.25, 0.3) is 11.4 Å². The summed E-state index contributed by atoms with van der Waals surface area (Å²) in [4.78, 5) is 14.6. The van der Waals surface area contributed by atoms with Gasteiger partial charge in [-0.05, 0) is 24.3 Å². The minimum atomic E-state index is -0.521. The number of imidazole rings is 1. The molecule has 16 heavy (non-hydrogen) atoms. The molecule has 2 aromatic rings. The highest BCUT2D eigenvalue weighted by Gasteiger charge is 2.12. The second kappa shape index (κ2) is 4.01. The van der Waals surface area contributed by atoms with Gasteiger partial charge in [0.2, 0.25) is 5.82 Å². The van der Waals surface area contributed by atoms with E-state index in [0.717, 1.165) is 4.68 Å². The molecule has 0 fully saturated rings. The summed E-state index contributed by atoms with van der Waals surface area (Å²) in [7, 11) is 1.56. The number of ether oxygens (including phenoxy) is 1. The van der Waals surface area contributed by atoms with E-state index >= 15 is 0 Å². The smallest absolute Gasteiger partial charge is 0.206 e. The number of rotatable bonds is 3. The molecule has 2 rings (SSSR count). The Morgan fingerprint density at radius 2 is 2.06 bits per heavy atom. The van der Waals surface area contributed by atoms with Gasteiger partial charge in [-0.3, -0.25) is 0 Å². The molecule has 6 nitrogen and oxygen atoms in total. The van der Waals surface area contributed by atoms with E-state index < -0.39 is 5.03 Å². The van der Waals surface area contributed by atoms with Crippen molar-refractivity contribution in [3.8, 4) is 17.1 Å². The van der Waals surface area contributed by atoms with E-state index in [2.05, 4.69) is 4.98 Å². The van der Waals surface area contributed by atoms with Crippen LogP contribution in [-0.4, -0.2) is 21.8 Å². The molecule has 0 atom stereocenters. The van der Waals surface area contributed by atoms with Gasteiger partial charge in [0.25, 0.3) is 0 Å². The Morgan fingerprint density at radius 1 is 1.38 bits per heavy atom. The summed E-state index contributed by atoms with van der Waals surface area (Å²) < 4.78 is 5.88. The van der Waals surface area contributed by atoms with Crippen molar-refractivity contribution < 1.29 is 9.77 Å². The lowest BCUT2D eigenvalue weighted by Crippen LogP contribution is -2.08. The van der Waals surface area contributed by atoms with E-state index in [1.54, 1.807) is 31.4 Å². The first-order valence-electron chi connectivity index (χ1n) is 4.55. The molecule has 0 spiro atoms. The van der Waals surface area contributed by atoms with Gasteiger partial charge in [0.05, 0.1) is 19.5 Å². The Balaban J connectivity index is 2.42. The third kappa shape index (κ3) is 1.72. The third-order valence-electron chi connectivity index (χ3n) is 2.15. The first-order chi connectivity index (χ1) is 7.72. The lowest BCUT2D eigenvalue weighted by molar-refractivity contribution is -0.540. The lowest BCUT2D eigenvalue weighted by atomic mass is 10.2. The fourth-order valence-electron chi connectivity index (χ4n) is 1.38. The highest BCUT2D eigenvalue weighted by molar-refractivity contribution is 5.56. The molecule has 0 saturated carbocycles. The zero-order valence-electron chi connectivity index (χ0n) is 8.53. The molecule has 0 saturated heterocycles. The van der Waals surface area contributed by atoms with Gasteiger partial charge in [-0.1, -0.05) is 4.68 Å². The summed E-state index contributed by atoms with van der Waals surface area (Å²) in [5, 5.41) is 10.2. The van der Waals surface area contributed by atoms with Crippen LogP contribution in [0.4, 0.5) is 0 Å². The van der Waals surface area contributed by atoms with Crippen LogP contribution in [0.2, 0.25) is 0 Å². The van der Waals surface area contributed by atoms with Crippen LogP contribution in [0.3, 0.4) is 0 Å². The monoisotopic (exact) mass is 219 g/mol. The average Bonchev–Trinajstić information content (AvgIpc) is 2.78. The maximum Gasteiger partial charge on any atom is 0.206 e. The van der Waals surface area contributed by atoms with Crippen LogP contribution in [0, 0.1) is 10.1 Å². The Kier molecular flexibility index (Phi) is 2.55. The van der Waals surface area contributed by atoms with Crippen molar-refractivity contribution in [2.75, 3.05) is 7.11 Å². The molecule has 0 radical (unpaired) electrons. The second-order valence-electron chi connectivity index (χ2n) is 3.06. The average molecular weight is 219 g/mol. The summed E-state index contributed by atoms with van der Waals surface area (Å²) in [6.45, 7) is 0. The Bertz CT molecular complexity index is 504. The summed E-state index contributed by atoms with van der Waals surface area (Å²) in [5.41, 5.74) is 0.669. The third-order valence-corrected chi connectivity index (χ3v) is 2.15. The fourth-order valence-corrected chi connectivity index (χ4v) is 1.38. The number of hydrogen-bond acceptors (Lipinski definition) is 4. The maximum absolute atomic E-state index is 10.7. The highest BCUT2D eigenvalue weighted by atomic mass is 16.7. The molecule has 82 valence electrons. The zero-order chi connectivity index (χ0) is 11.5. The summed E-state index contributed by atoms with van der Waals surface area (Å²) in [5.74, 6) is 0.996. The standard InChI is InChI=1S/C10H9N3O3/c1-16-9-4-2-8(3-5-9)10-11-6-7-12(10)13(14)15/h2-7H,1H3. The molecular weight excluding hydrogens is 210 g/mol. The van der Waals surface area contributed by atoms with E-state index in [1.807, 2.05) is 0 Å². The molecule has 1 aromatic heterocycles. The van der Waals surface area contributed by atoms with E-state index in [-0.39, 0.29) is 0 Å². The Morgan fingerprint density at radius 3 is 2.62 bits per heavy atom. The molecule has 0 aliphatic carbocycles. The lowest BCUT2D eigenvalue weighted by Gasteiger charge is -2.01. The number of benzene rings is 1. The van der Waals surface area contributed by atoms with E-state index in [4.69, 9.17) is 4.74 Å². The van der Waals surface area contributed by atoms with Crippen molar-refractivity contribution in [3.05, 3.63) is 46.8 Å². The summed E-state index contributed by atoms with van der Waals surface area (Å²) in [6.07, 6.45) is 2.70. The highest BCUT2D eigenvalue weighted by Crippen LogP contribution is 2.20. The van der Waals surface area contributed by atoms with Crippen LogP contribution >= 0.6 is 0 Å². The Hall–Kier alpha value is -2.37. The van der Waals surface area contributed by atoms with Gasteiger partial charge in [0.1, 0.15) is 5.75 Å². The van der Waals surface area contributed by atoms with Crippen molar-refractivity contribution in [2.24, 2.45) is 0 Å². The van der Waals surface area contributed by atoms with Gasteiger partial charge in [0.15, 0.2) is 5.03 Å². The number of nitro groups is 1. The normalized spacial score (nSPS) is 10.1. The first-order valence-corrected chi connectivity index (χ1v) is 4.55. The van der Waals surface area contributed by atoms with Crippen LogP contribution < -0.4 is 4.74 Å². The molecule has 1 heterocycles. The molecular formula is C10H9N3O3. The molecule has 0 aliphatic rings. The van der Waals surface area contributed by atoms with Crippen LogP contribution in [0.1, 0.15) is 0 Å².